The zero-order valence-electron chi connectivity index (χ0n) is 23.0. The van der Waals surface area contributed by atoms with Gasteiger partial charge in [-0.25, -0.2) is 0 Å². The molecule has 2 atom stereocenters. The van der Waals surface area contributed by atoms with Crippen LogP contribution in [0.2, 0.25) is 0 Å². The maximum absolute atomic E-state index is 14.0. The summed E-state index contributed by atoms with van der Waals surface area (Å²) in [6.07, 6.45) is 3.52. The van der Waals surface area contributed by atoms with Crippen LogP contribution in [0.15, 0.2) is 90.5 Å². The van der Waals surface area contributed by atoms with Crippen LogP contribution in [0.4, 0.5) is 11.4 Å². The van der Waals surface area contributed by atoms with Crippen LogP contribution in [0.1, 0.15) is 61.3 Å². The van der Waals surface area contributed by atoms with Crippen molar-refractivity contribution in [2.75, 3.05) is 30.9 Å². The molecule has 0 bridgehead atoms. The van der Waals surface area contributed by atoms with Gasteiger partial charge in [0.1, 0.15) is 5.75 Å². The highest BCUT2D eigenvalue weighted by atomic mass is 16.5. The molecule has 4 aromatic carbocycles. The van der Waals surface area contributed by atoms with Gasteiger partial charge in [-0.1, -0.05) is 67.9 Å². The minimum Gasteiger partial charge on any atom is -0.494 e. The summed E-state index contributed by atoms with van der Waals surface area (Å²) in [7, 11) is 4.09. The number of ketones is 1. The van der Waals surface area contributed by atoms with Crippen LogP contribution in [-0.2, 0) is 4.79 Å². The summed E-state index contributed by atoms with van der Waals surface area (Å²) in [6.45, 7) is 2.91. The molecule has 1 heterocycles. The zero-order chi connectivity index (χ0) is 26.9. The second kappa shape index (κ2) is 10.6. The molecular weight excluding hydrogens is 480 g/mol. The van der Waals surface area contributed by atoms with Crippen molar-refractivity contribution in [1.82, 2.24) is 0 Å². The summed E-state index contributed by atoms with van der Waals surface area (Å²) in [5, 5.41) is 6.16. The second-order valence-electron chi connectivity index (χ2n) is 11.0. The van der Waals surface area contributed by atoms with E-state index in [-0.39, 0.29) is 17.7 Å². The standard InChI is InChI=1S/C35H36N2O2/c1-4-5-20-39-28-17-12-23(13-18-28)26-21-30-33-29-9-7-6-8-24(29)14-19-31(33)36-35(34(30)32(38)22-26)25-10-15-27(16-11-25)37(2)3/h6-19,26,35-36H,4-5,20-22H2,1-3H3/t26-,35+/m0/s1. The van der Waals surface area contributed by atoms with Gasteiger partial charge in [0.2, 0.25) is 0 Å². The number of rotatable bonds is 7. The number of fused-ring (bicyclic) bond motifs is 4. The Bertz CT molecular complexity index is 1530. The number of carbonyl (C=O) groups is 1. The molecule has 0 amide bonds. The van der Waals surface area contributed by atoms with Gasteiger partial charge >= 0.3 is 0 Å². The highest BCUT2D eigenvalue weighted by molar-refractivity contribution is 6.13. The lowest BCUT2D eigenvalue weighted by Gasteiger charge is -2.37. The van der Waals surface area contributed by atoms with Crippen LogP contribution in [0.3, 0.4) is 0 Å². The van der Waals surface area contributed by atoms with E-state index in [2.05, 4.69) is 102 Å². The number of anilines is 2. The van der Waals surface area contributed by atoms with Gasteiger partial charge in [-0.05, 0) is 76.6 Å². The molecule has 0 unspecified atom stereocenters. The Labute approximate surface area is 231 Å². The number of benzene rings is 4. The van der Waals surface area contributed by atoms with E-state index in [1.807, 2.05) is 14.1 Å². The lowest BCUT2D eigenvalue weighted by atomic mass is 9.71. The molecule has 1 N–H and O–H groups in total. The third-order valence-electron chi connectivity index (χ3n) is 8.19. The van der Waals surface area contributed by atoms with Crippen LogP contribution >= 0.6 is 0 Å². The van der Waals surface area contributed by atoms with Crippen LogP contribution < -0.4 is 15.0 Å². The number of carbonyl (C=O) groups excluding carboxylic acids is 1. The number of nitrogens with zero attached hydrogens (tertiary/aromatic N) is 1. The number of hydrogen-bond acceptors (Lipinski definition) is 4. The number of hydrogen-bond donors (Lipinski definition) is 1. The first-order valence-electron chi connectivity index (χ1n) is 14.1. The van der Waals surface area contributed by atoms with E-state index in [1.54, 1.807) is 0 Å². The minimum atomic E-state index is -0.160. The number of allylic oxidation sites excluding steroid dienone is 1. The topological polar surface area (TPSA) is 41.6 Å². The van der Waals surface area contributed by atoms with Crippen molar-refractivity contribution < 1.29 is 9.53 Å². The highest BCUT2D eigenvalue weighted by Crippen LogP contribution is 2.51. The molecule has 1 aliphatic carbocycles. The number of unbranched alkanes of at least 4 members (excludes halogenated alkanes) is 1. The lowest BCUT2D eigenvalue weighted by molar-refractivity contribution is -0.116. The number of ether oxygens (including phenoxy) is 1. The summed E-state index contributed by atoms with van der Waals surface area (Å²) in [5.41, 5.74) is 7.85. The Morgan fingerprint density at radius 3 is 2.36 bits per heavy atom. The molecule has 198 valence electrons. The Kier molecular flexibility index (Phi) is 6.86. The van der Waals surface area contributed by atoms with Crippen molar-refractivity contribution >= 4 is 33.5 Å². The smallest absolute Gasteiger partial charge is 0.162 e. The first-order valence-corrected chi connectivity index (χ1v) is 14.1. The first kappa shape index (κ1) is 25.2. The number of nitrogens with one attached hydrogen (secondary N) is 1. The first-order chi connectivity index (χ1) is 19.0. The van der Waals surface area contributed by atoms with Crippen LogP contribution in [0.25, 0.3) is 16.3 Å². The van der Waals surface area contributed by atoms with Crippen molar-refractivity contribution in [3.8, 4) is 5.75 Å². The van der Waals surface area contributed by atoms with Crippen molar-refractivity contribution in [1.29, 1.82) is 0 Å². The normalized spacial score (nSPS) is 18.4. The zero-order valence-corrected chi connectivity index (χ0v) is 23.0. The van der Waals surface area contributed by atoms with Gasteiger partial charge in [0.05, 0.1) is 12.6 Å². The van der Waals surface area contributed by atoms with Crippen molar-refractivity contribution in [2.24, 2.45) is 0 Å². The van der Waals surface area contributed by atoms with E-state index in [9.17, 15) is 4.79 Å². The Balaban J connectivity index is 1.42. The van der Waals surface area contributed by atoms with Gasteiger partial charge in [-0.15, -0.1) is 0 Å². The average molecular weight is 517 g/mol. The molecule has 0 saturated heterocycles. The van der Waals surface area contributed by atoms with Gasteiger partial charge in [0, 0.05) is 43.0 Å². The second-order valence-corrected chi connectivity index (χ2v) is 11.0. The molecule has 1 aliphatic heterocycles. The van der Waals surface area contributed by atoms with Crippen LogP contribution in [-0.4, -0.2) is 26.5 Å². The fourth-order valence-electron chi connectivity index (χ4n) is 6.07. The van der Waals surface area contributed by atoms with Gasteiger partial charge < -0.3 is 15.0 Å². The highest BCUT2D eigenvalue weighted by Gasteiger charge is 2.38. The van der Waals surface area contributed by atoms with E-state index >= 15 is 0 Å². The van der Waals surface area contributed by atoms with Crippen LogP contribution in [0.5, 0.6) is 5.75 Å². The third-order valence-corrected chi connectivity index (χ3v) is 8.19. The van der Waals surface area contributed by atoms with Crippen molar-refractivity contribution in [2.45, 2.75) is 44.6 Å². The molecule has 2 aliphatic rings. The molecule has 0 spiro atoms. The Morgan fingerprint density at radius 1 is 0.872 bits per heavy atom. The molecule has 4 nitrogen and oxygen atoms in total. The van der Waals surface area contributed by atoms with E-state index in [4.69, 9.17) is 4.74 Å². The quantitative estimate of drug-likeness (QED) is 0.252. The number of Topliss-reactive ketones (excluding diaryl/α,β-unsaturated/α-hetero) is 1. The van der Waals surface area contributed by atoms with Crippen molar-refractivity contribution in [3.63, 3.8) is 0 Å². The minimum absolute atomic E-state index is 0.141. The third kappa shape index (κ3) is 4.80. The summed E-state index contributed by atoms with van der Waals surface area (Å²) in [4.78, 5) is 16.1. The van der Waals surface area contributed by atoms with Gasteiger partial charge in [-0.3, -0.25) is 4.79 Å². The molecule has 6 rings (SSSR count). The fraction of sp³-hybridized carbons (Fsp3) is 0.286. The van der Waals surface area contributed by atoms with E-state index in [1.165, 1.54) is 27.5 Å². The Morgan fingerprint density at radius 2 is 1.62 bits per heavy atom. The monoisotopic (exact) mass is 516 g/mol. The SMILES string of the molecule is CCCCOc1ccc([C@@H]2CC(=O)C3=C(C2)c2c(ccc4ccccc24)N[C@@H]3c2ccc(N(C)C)cc2)cc1. The predicted molar refractivity (Wildman–Crippen MR) is 162 cm³/mol. The molecule has 4 heteroatoms. The van der Waals surface area contributed by atoms with E-state index in [0.29, 0.717) is 6.42 Å². The largest absolute Gasteiger partial charge is 0.494 e. The van der Waals surface area contributed by atoms with Gasteiger partial charge in [0.15, 0.2) is 5.78 Å². The summed E-state index contributed by atoms with van der Waals surface area (Å²) < 4.78 is 5.89. The molecule has 4 aromatic rings. The maximum Gasteiger partial charge on any atom is 0.162 e. The van der Waals surface area contributed by atoms with Crippen molar-refractivity contribution in [3.05, 3.63) is 107 Å². The summed E-state index contributed by atoms with van der Waals surface area (Å²) >= 11 is 0. The van der Waals surface area contributed by atoms with E-state index in [0.717, 1.165) is 54.1 Å². The summed E-state index contributed by atoms with van der Waals surface area (Å²) in [6, 6.07) is 29.7. The Hall–Kier alpha value is -4.05. The predicted octanol–water partition coefficient (Wildman–Crippen LogP) is 8.15. The average Bonchev–Trinajstić information content (AvgIpc) is 2.97. The molecule has 0 radical (unpaired) electrons. The molecule has 39 heavy (non-hydrogen) atoms. The van der Waals surface area contributed by atoms with Crippen LogP contribution in [0, 0.1) is 0 Å². The van der Waals surface area contributed by atoms with Gasteiger partial charge in [0.25, 0.3) is 0 Å². The molecule has 0 saturated carbocycles. The molecule has 0 fully saturated rings. The van der Waals surface area contributed by atoms with E-state index < -0.39 is 0 Å². The molecular formula is C35H36N2O2. The lowest BCUT2D eigenvalue weighted by Crippen LogP contribution is -2.29. The van der Waals surface area contributed by atoms with Gasteiger partial charge in [-0.2, -0.15) is 0 Å². The molecule has 0 aromatic heterocycles. The maximum atomic E-state index is 14.0. The summed E-state index contributed by atoms with van der Waals surface area (Å²) in [5.74, 6) is 1.27. The fourth-order valence-corrected chi connectivity index (χ4v) is 6.07.